The molecule has 2 amide bonds. The van der Waals surface area contributed by atoms with Crippen LogP contribution in [0.1, 0.15) is 43.9 Å². The molecule has 0 saturated carbocycles. The molecule has 6 heteroatoms. The summed E-state index contributed by atoms with van der Waals surface area (Å²) in [5, 5.41) is 3.26. The first kappa shape index (κ1) is 23.5. The number of hydrogen-bond donors (Lipinski definition) is 1. The van der Waals surface area contributed by atoms with Crippen molar-refractivity contribution in [3.05, 3.63) is 64.9 Å². The molecule has 0 aromatic heterocycles. The summed E-state index contributed by atoms with van der Waals surface area (Å²) in [6.45, 7) is 11.2. The zero-order valence-electron chi connectivity index (χ0n) is 19.5. The highest BCUT2D eigenvalue weighted by molar-refractivity contribution is 6.36. The van der Waals surface area contributed by atoms with Gasteiger partial charge in [0.2, 0.25) is 0 Å². The van der Waals surface area contributed by atoms with E-state index in [0.29, 0.717) is 43.0 Å². The van der Waals surface area contributed by atoms with Crippen LogP contribution in [0.15, 0.2) is 48.2 Å². The number of amides is 2. The molecule has 1 N–H and O–H groups in total. The summed E-state index contributed by atoms with van der Waals surface area (Å²) in [5.41, 5.74) is 4.25. The number of carbonyl (C=O) groups excluding carboxylic acids is 2. The third-order valence-electron chi connectivity index (χ3n) is 5.25. The number of anilines is 1. The van der Waals surface area contributed by atoms with E-state index in [2.05, 4.69) is 5.32 Å². The summed E-state index contributed by atoms with van der Waals surface area (Å²) in [7, 11) is 0. The van der Waals surface area contributed by atoms with Crippen LogP contribution in [0.3, 0.4) is 0 Å². The predicted molar refractivity (Wildman–Crippen MR) is 126 cm³/mol. The summed E-state index contributed by atoms with van der Waals surface area (Å²) >= 11 is 0. The van der Waals surface area contributed by atoms with Crippen molar-refractivity contribution in [1.82, 2.24) is 4.90 Å². The molecule has 1 aliphatic heterocycles. The zero-order chi connectivity index (χ0) is 23.3. The highest BCUT2D eigenvalue weighted by atomic mass is 16.5. The smallest absolute Gasteiger partial charge is 0.278 e. The van der Waals surface area contributed by atoms with E-state index in [-0.39, 0.29) is 17.9 Å². The standard InChI is InChI=1S/C26H32N2O4/c1-6-31-21-12-10-20(11-13-21)23-24(27-22-16-18(4)8-9-19(22)5)26(30)28(25(23)29)14-7-15-32-17(2)3/h8-13,16-17,27H,6-7,14-15H2,1-5H3. The van der Waals surface area contributed by atoms with Crippen LogP contribution in [0.4, 0.5) is 5.69 Å². The highest BCUT2D eigenvalue weighted by Crippen LogP contribution is 2.32. The van der Waals surface area contributed by atoms with Crippen molar-refractivity contribution in [1.29, 1.82) is 0 Å². The molecule has 0 aliphatic carbocycles. The minimum Gasteiger partial charge on any atom is -0.494 e. The van der Waals surface area contributed by atoms with Crippen molar-refractivity contribution in [3.8, 4) is 5.75 Å². The lowest BCUT2D eigenvalue weighted by Gasteiger charge is -2.16. The van der Waals surface area contributed by atoms with E-state index < -0.39 is 0 Å². The number of ether oxygens (including phenoxy) is 2. The van der Waals surface area contributed by atoms with Crippen LogP contribution in [-0.2, 0) is 14.3 Å². The van der Waals surface area contributed by atoms with Crippen molar-refractivity contribution >= 4 is 23.1 Å². The summed E-state index contributed by atoms with van der Waals surface area (Å²) in [6.07, 6.45) is 0.697. The molecular formula is C26H32N2O4. The number of hydrogen-bond acceptors (Lipinski definition) is 5. The molecule has 0 atom stereocenters. The molecule has 0 unspecified atom stereocenters. The average Bonchev–Trinajstić information content (AvgIpc) is 2.98. The molecule has 2 aromatic carbocycles. The maximum absolute atomic E-state index is 13.3. The Morgan fingerprint density at radius 2 is 1.72 bits per heavy atom. The van der Waals surface area contributed by atoms with Crippen LogP contribution in [0, 0.1) is 13.8 Å². The summed E-state index contributed by atoms with van der Waals surface area (Å²) in [4.78, 5) is 28.0. The molecule has 32 heavy (non-hydrogen) atoms. The van der Waals surface area contributed by atoms with Gasteiger partial charge in [0, 0.05) is 18.8 Å². The molecule has 0 spiro atoms. The Morgan fingerprint density at radius 3 is 2.38 bits per heavy atom. The van der Waals surface area contributed by atoms with Gasteiger partial charge in [0.25, 0.3) is 11.8 Å². The third kappa shape index (κ3) is 5.37. The van der Waals surface area contributed by atoms with Crippen LogP contribution < -0.4 is 10.1 Å². The molecule has 0 saturated heterocycles. The Morgan fingerprint density at radius 1 is 1.00 bits per heavy atom. The molecular weight excluding hydrogens is 404 g/mol. The van der Waals surface area contributed by atoms with Crippen LogP contribution in [0.2, 0.25) is 0 Å². The van der Waals surface area contributed by atoms with Gasteiger partial charge >= 0.3 is 0 Å². The fourth-order valence-electron chi connectivity index (χ4n) is 3.59. The molecule has 0 radical (unpaired) electrons. The van der Waals surface area contributed by atoms with Gasteiger partial charge in [-0.2, -0.15) is 0 Å². The third-order valence-corrected chi connectivity index (χ3v) is 5.25. The quantitative estimate of drug-likeness (QED) is 0.432. The highest BCUT2D eigenvalue weighted by Gasteiger charge is 2.39. The van der Waals surface area contributed by atoms with E-state index in [1.807, 2.05) is 77.1 Å². The Balaban J connectivity index is 1.94. The lowest BCUT2D eigenvalue weighted by molar-refractivity contribution is -0.137. The molecule has 0 fully saturated rings. The maximum Gasteiger partial charge on any atom is 0.278 e. The van der Waals surface area contributed by atoms with Gasteiger partial charge in [0.15, 0.2) is 0 Å². The number of nitrogens with zero attached hydrogens (tertiary/aromatic N) is 1. The minimum atomic E-state index is -0.315. The topological polar surface area (TPSA) is 67.9 Å². The van der Waals surface area contributed by atoms with Crippen molar-refractivity contribution in [2.24, 2.45) is 0 Å². The second-order valence-electron chi connectivity index (χ2n) is 8.19. The predicted octanol–water partition coefficient (Wildman–Crippen LogP) is 4.71. The van der Waals surface area contributed by atoms with Crippen LogP contribution in [-0.4, -0.2) is 42.6 Å². The van der Waals surface area contributed by atoms with Crippen molar-refractivity contribution < 1.29 is 19.1 Å². The second kappa shape index (κ2) is 10.5. The van der Waals surface area contributed by atoms with E-state index in [4.69, 9.17) is 9.47 Å². The number of carbonyl (C=O) groups is 2. The number of aryl methyl sites for hydroxylation is 2. The maximum atomic E-state index is 13.3. The van der Waals surface area contributed by atoms with Crippen LogP contribution in [0.5, 0.6) is 5.75 Å². The van der Waals surface area contributed by atoms with Gasteiger partial charge < -0.3 is 14.8 Å². The molecule has 3 rings (SSSR count). The van der Waals surface area contributed by atoms with Gasteiger partial charge in [-0.3, -0.25) is 14.5 Å². The lowest BCUT2D eigenvalue weighted by Crippen LogP contribution is -2.34. The van der Waals surface area contributed by atoms with Gasteiger partial charge in [-0.05, 0) is 75.9 Å². The molecule has 6 nitrogen and oxygen atoms in total. The monoisotopic (exact) mass is 436 g/mol. The Labute approximate surface area is 190 Å². The van der Waals surface area contributed by atoms with E-state index >= 15 is 0 Å². The fraction of sp³-hybridized carbons (Fsp3) is 0.385. The number of benzene rings is 2. The van der Waals surface area contributed by atoms with Crippen LogP contribution >= 0.6 is 0 Å². The molecule has 1 heterocycles. The Kier molecular flexibility index (Phi) is 7.70. The molecule has 0 bridgehead atoms. The Bertz CT molecular complexity index is 1010. The van der Waals surface area contributed by atoms with Gasteiger partial charge in [-0.15, -0.1) is 0 Å². The number of rotatable bonds is 10. The first-order chi connectivity index (χ1) is 15.3. The second-order valence-corrected chi connectivity index (χ2v) is 8.19. The van der Waals surface area contributed by atoms with E-state index in [9.17, 15) is 9.59 Å². The SMILES string of the molecule is CCOc1ccc(C2=C(Nc3cc(C)ccc3C)C(=O)N(CCCOC(C)C)C2=O)cc1. The van der Waals surface area contributed by atoms with Gasteiger partial charge in [-0.1, -0.05) is 24.3 Å². The Hall–Kier alpha value is -3.12. The van der Waals surface area contributed by atoms with E-state index in [1.54, 1.807) is 0 Å². The van der Waals surface area contributed by atoms with Crippen molar-refractivity contribution in [3.63, 3.8) is 0 Å². The summed E-state index contributed by atoms with van der Waals surface area (Å²) < 4.78 is 11.1. The lowest BCUT2D eigenvalue weighted by atomic mass is 10.0. The first-order valence-corrected chi connectivity index (χ1v) is 11.1. The summed E-state index contributed by atoms with van der Waals surface area (Å²) in [6, 6.07) is 13.3. The molecule has 1 aliphatic rings. The summed E-state index contributed by atoms with van der Waals surface area (Å²) in [5.74, 6) is 0.112. The van der Waals surface area contributed by atoms with Gasteiger partial charge in [0.1, 0.15) is 11.4 Å². The minimum absolute atomic E-state index is 0.110. The van der Waals surface area contributed by atoms with Crippen molar-refractivity contribution in [2.75, 3.05) is 25.1 Å². The molecule has 2 aromatic rings. The first-order valence-electron chi connectivity index (χ1n) is 11.1. The van der Waals surface area contributed by atoms with E-state index in [1.165, 1.54) is 4.90 Å². The van der Waals surface area contributed by atoms with Gasteiger partial charge in [-0.25, -0.2) is 0 Å². The largest absolute Gasteiger partial charge is 0.494 e. The average molecular weight is 437 g/mol. The molecule has 170 valence electrons. The van der Waals surface area contributed by atoms with Crippen molar-refractivity contribution in [2.45, 2.75) is 47.1 Å². The number of imide groups is 1. The zero-order valence-corrected chi connectivity index (χ0v) is 19.5. The fourth-order valence-corrected chi connectivity index (χ4v) is 3.59. The van der Waals surface area contributed by atoms with Gasteiger partial charge in [0.05, 0.1) is 18.3 Å². The van der Waals surface area contributed by atoms with Crippen LogP contribution in [0.25, 0.3) is 5.57 Å². The normalized spacial score (nSPS) is 14.0. The number of nitrogens with one attached hydrogen (secondary N) is 1. The van der Waals surface area contributed by atoms with E-state index in [0.717, 1.165) is 22.6 Å².